The Hall–Kier alpha value is -5.15. The maximum absolute atomic E-state index is 13.9. The van der Waals surface area contributed by atoms with E-state index in [1.807, 2.05) is 36.4 Å². The van der Waals surface area contributed by atoms with E-state index in [2.05, 4.69) is 21.3 Å². The second kappa shape index (κ2) is 20.9. The third-order valence-corrected chi connectivity index (χ3v) is 8.82. The molecule has 3 rings (SSSR count). The zero-order chi connectivity index (χ0) is 39.8. The molecule has 4 N–H and O–H groups in total. The number of hydrogen-bond acceptors (Lipinski definition) is 8. The Bertz CT molecular complexity index is 1560. The van der Waals surface area contributed by atoms with Crippen LogP contribution in [-0.4, -0.2) is 84.0 Å². The van der Waals surface area contributed by atoms with Crippen LogP contribution in [0.4, 0.5) is 22.8 Å². The predicted molar refractivity (Wildman–Crippen MR) is 191 cm³/mol. The first-order chi connectivity index (χ1) is 25.6. The lowest BCUT2D eigenvalue weighted by molar-refractivity contribution is -0.175. The molecule has 0 saturated carbocycles. The highest BCUT2D eigenvalue weighted by Crippen LogP contribution is 2.24. The van der Waals surface area contributed by atoms with Crippen LogP contribution in [0.15, 0.2) is 60.7 Å². The van der Waals surface area contributed by atoms with Gasteiger partial charge in [-0.2, -0.15) is 13.2 Å². The quantitative estimate of drug-likeness (QED) is 0.157. The van der Waals surface area contributed by atoms with E-state index in [1.54, 1.807) is 38.1 Å². The number of ketones is 1. The Balaban J connectivity index is 1.65. The summed E-state index contributed by atoms with van der Waals surface area (Å²) in [7, 11) is 0. The Kier molecular flexibility index (Phi) is 16.8. The molecular formula is C38H50F3N5O8. The van der Waals surface area contributed by atoms with Gasteiger partial charge < -0.3 is 35.6 Å². The van der Waals surface area contributed by atoms with Crippen molar-refractivity contribution in [3.8, 4) is 0 Å². The molecule has 1 fully saturated rings. The van der Waals surface area contributed by atoms with Crippen molar-refractivity contribution in [2.24, 2.45) is 11.8 Å². The van der Waals surface area contributed by atoms with Crippen LogP contribution in [-0.2, 0) is 41.9 Å². The minimum absolute atomic E-state index is 0.0617. The van der Waals surface area contributed by atoms with E-state index in [0.29, 0.717) is 19.3 Å². The van der Waals surface area contributed by atoms with Crippen molar-refractivity contribution in [3.05, 3.63) is 71.8 Å². The molecule has 0 aromatic heterocycles. The lowest BCUT2D eigenvalue weighted by Crippen LogP contribution is -2.59. The van der Waals surface area contributed by atoms with Gasteiger partial charge in [-0.1, -0.05) is 88.4 Å². The number of unbranched alkanes of at least 4 members (excludes halogenated alkanes) is 1. The number of alkyl halides is 3. The molecule has 1 aliphatic rings. The zero-order valence-corrected chi connectivity index (χ0v) is 30.9. The van der Waals surface area contributed by atoms with Crippen LogP contribution in [0.2, 0.25) is 0 Å². The second-order valence-corrected chi connectivity index (χ2v) is 13.8. The van der Waals surface area contributed by atoms with Crippen LogP contribution in [0.5, 0.6) is 0 Å². The normalized spacial score (nSPS) is 15.9. The monoisotopic (exact) mass is 761 g/mol. The molecule has 4 atom stereocenters. The number of amides is 5. The van der Waals surface area contributed by atoms with Gasteiger partial charge in [-0.3, -0.25) is 19.2 Å². The number of nitrogens with one attached hydrogen (secondary N) is 4. The third kappa shape index (κ3) is 13.7. The molecular weight excluding hydrogens is 711 g/mol. The van der Waals surface area contributed by atoms with Gasteiger partial charge in [0.1, 0.15) is 31.3 Å². The van der Waals surface area contributed by atoms with E-state index in [9.17, 15) is 41.9 Å². The summed E-state index contributed by atoms with van der Waals surface area (Å²) < 4.78 is 50.3. The number of hydrogen-bond donors (Lipinski definition) is 4. The van der Waals surface area contributed by atoms with Gasteiger partial charge in [0, 0.05) is 13.1 Å². The van der Waals surface area contributed by atoms with Crippen LogP contribution < -0.4 is 21.3 Å². The smallest absolute Gasteiger partial charge is 0.445 e. The Morgan fingerprint density at radius 1 is 0.759 bits per heavy atom. The number of halogens is 3. The summed E-state index contributed by atoms with van der Waals surface area (Å²) in [6.45, 7) is 6.44. The van der Waals surface area contributed by atoms with Gasteiger partial charge in [-0.25, -0.2) is 9.59 Å². The Morgan fingerprint density at radius 2 is 1.31 bits per heavy atom. The SMILES string of the molecule is CC(C)C(NC(=O)C(CCCCNC(=O)OCc1ccccc1)NC(=O)OCc1ccccc1)C(=O)N1CCCC1C(=O)NC(C(=O)C(F)(F)F)C(C)C. The van der Waals surface area contributed by atoms with Crippen molar-refractivity contribution < 1.29 is 51.4 Å². The molecule has 5 amide bonds. The van der Waals surface area contributed by atoms with E-state index < -0.39 is 77.9 Å². The number of likely N-dealkylation sites (tertiary alicyclic amines) is 1. The van der Waals surface area contributed by atoms with E-state index >= 15 is 0 Å². The molecule has 13 nitrogen and oxygen atoms in total. The van der Waals surface area contributed by atoms with E-state index in [4.69, 9.17) is 9.47 Å². The number of nitrogens with zero attached hydrogens (tertiary/aromatic N) is 1. The third-order valence-electron chi connectivity index (χ3n) is 8.82. The summed E-state index contributed by atoms with van der Waals surface area (Å²) in [4.78, 5) is 79.0. The summed E-state index contributed by atoms with van der Waals surface area (Å²) in [5.74, 6) is -5.70. The van der Waals surface area contributed by atoms with Crippen LogP contribution in [0.3, 0.4) is 0 Å². The minimum atomic E-state index is -5.16. The lowest BCUT2D eigenvalue weighted by Gasteiger charge is -2.32. The number of carbonyl (C=O) groups excluding carboxylic acids is 6. The van der Waals surface area contributed by atoms with Crippen LogP contribution in [0.25, 0.3) is 0 Å². The summed E-state index contributed by atoms with van der Waals surface area (Å²) in [5.41, 5.74) is 1.54. The Labute approximate surface area is 313 Å². The average molecular weight is 762 g/mol. The number of carbonyl (C=O) groups is 6. The standard InChI is InChI=1S/C38H50F3N5O8/c1-24(2)30(32(47)38(39,40)41)44-34(49)29-19-13-21-46(29)35(50)31(25(3)4)45-33(48)28(43-37(52)54-23-27-16-9-6-10-17-27)18-11-12-20-42-36(51)53-22-26-14-7-5-8-15-26/h5-10,14-17,24-25,28-31H,11-13,18-23H2,1-4H3,(H,42,51)(H,43,52)(H,44,49)(H,45,48). The molecule has 0 aliphatic carbocycles. The zero-order valence-electron chi connectivity index (χ0n) is 30.9. The first kappa shape index (κ1) is 43.3. The molecule has 1 heterocycles. The number of ether oxygens (including phenoxy) is 2. The van der Waals surface area contributed by atoms with Gasteiger partial charge in [-0.05, 0) is 55.1 Å². The van der Waals surface area contributed by atoms with Crippen molar-refractivity contribution in [1.29, 1.82) is 0 Å². The molecule has 0 spiro atoms. The van der Waals surface area contributed by atoms with E-state index in [1.165, 1.54) is 18.7 Å². The minimum Gasteiger partial charge on any atom is -0.445 e. The fourth-order valence-electron chi connectivity index (χ4n) is 5.82. The Morgan fingerprint density at radius 3 is 1.85 bits per heavy atom. The summed E-state index contributed by atoms with van der Waals surface area (Å²) in [6.07, 6.45) is -5.27. The van der Waals surface area contributed by atoms with Gasteiger partial charge >= 0.3 is 18.4 Å². The van der Waals surface area contributed by atoms with Gasteiger partial charge in [0.05, 0.1) is 6.04 Å². The van der Waals surface area contributed by atoms with Gasteiger partial charge in [0.15, 0.2) is 0 Å². The maximum atomic E-state index is 13.9. The van der Waals surface area contributed by atoms with Crippen molar-refractivity contribution in [1.82, 2.24) is 26.2 Å². The largest absolute Gasteiger partial charge is 0.452 e. The summed E-state index contributed by atoms with van der Waals surface area (Å²) >= 11 is 0. The molecule has 16 heteroatoms. The number of rotatable bonds is 18. The highest BCUT2D eigenvalue weighted by Gasteiger charge is 2.47. The summed E-state index contributed by atoms with van der Waals surface area (Å²) in [5, 5.41) is 10.1. The molecule has 54 heavy (non-hydrogen) atoms. The lowest BCUT2D eigenvalue weighted by atomic mass is 9.98. The fraction of sp³-hybridized carbons (Fsp3) is 0.526. The summed E-state index contributed by atoms with van der Waals surface area (Å²) in [6, 6.07) is 12.7. The van der Waals surface area contributed by atoms with Crippen molar-refractivity contribution in [2.45, 2.75) is 103 Å². The van der Waals surface area contributed by atoms with Crippen LogP contribution in [0.1, 0.15) is 70.9 Å². The van der Waals surface area contributed by atoms with Crippen LogP contribution in [0, 0.1) is 11.8 Å². The highest BCUT2D eigenvalue weighted by molar-refractivity contribution is 5.97. The van der Waals surface area contributed by atoms with Crippen LogP contribution >= 0.6 is 0 Å². The van der Waals surface area contributed by atoms with Gasteiger partial charge in [0.2, 0.25) is 17.7 Å². The molecule has 0 radical (unpaired) electrons. The number of alkyl carbamates (subject to hydrolysis) is 2. The molecule has 1 saturated heterocycles. The average Bonchev–Trinajstić information content (AvgIpc) is 3.63. The fourth-order valence-corrected chi connectivity index (χ4v) is 5.82. The topological polar surface area (TPSA) is 172 Å². The van der Waals surface area contributed by atoms with Crippen molar-refractivity contribution in [3.63, 3.8) is 0 Å². The molecule has 2 aromatic carbocycles. The first-order valence-corrected chi connectivity index (χ1v) is 18.0. The molecule has 4 unspecified atom stereocenters. The highest BCUT2D eigenvalue weighted by atomic mass is 19.4. The number of benzene rings is 2. The van der Waals surface area contributed by atoms with Gasteiger partial charge in [-0.15, -0.1) is 0 Å². The maximum Gasteiger partial charge on any atom is 0.452 e. The van der Waals surface area contributed by atoms with Gasteiger partial charge in [0.25, 0.3) is 5.78 Å². The number of Topliss-reactive ketones (excluding diaryl/α,β-unsaturated/α-hetero) is 1. The van der Waals surface area contributed by atoms with Crippen molar-refractivity contribution >= 4 is 35.7 Å². The van der Waals surface area contributed by atoms with Crippen molar-refractivity contribution in [2.75, 3.05) is 13.1 Å². The van der Waals surface area contributed by atoms with E-state index in [-0.39, 0.29) is 39.1 Å². The second-order valence-electron chi connectivity index (χ2n) is 13.8. The van der Waals surface area contributed by atoms with E-state index in [0.717, 1.165) is 11.1 Å². The predicted octanol–water partition coefficient (Wildman–Crippen LogP) is 4.78. The molecule has 296 valence electrons. The molecule has 0 bridgehead atoms. The first-order valence-electron chi connectivity index (χ1n) is 18.0. The molecule has 1 aliphatic heterocycles. The molecule has 2 aromatic rings.